The number of nitrogens with one attached hydrogen (secondary N) is 1. The van der Waals surface area contributed by atoms with Crippen molar-refractivity contribution in [2.24, 2.45) is 0 Å². The Morgan fingerprint density at radius 1 is 1.11 bits per heavy atom. The Morgan fingerprint density at radius 2 is 1.81 bits per heavy atom. The monoisotopic (exact) mass is 387 g/mol. The lowest BCUT2D eigenvalue weighted by atomic mass is 10.0. The summed E-state index contributed by atoms with van der Waals surface area (Å²) in [6.07, 6.45) is 3.79. The molecular formula is C20H22ClN3O3. The van der Waals surface area contributed by atoms with Crippen molar-refractivity contribution < 1.29 is 14.3 Å². The van der Waals surface area contributed by atoms with E-state index in [4.69, 9.17) is 21.1 Å². The lowest BCUT2D eigenvalue weighted by Crippen LogP contribution is -2.45. The van der Waals surface area contributed by atoms with Gasteiger partial charge in [-0.15, -0.1) is 0 Å². The molecule has 2 aromatic rings. The predicted octanol–water partition coefficient (Wildman–Crippen LogP) is 3.26. The van der Waals surface area contributed by atoms with E-state index < -0.39 is 0 Å². The van der Waals surface area contributed by atoms with Crippen LogP contribution in [0.3, 0.4) is 0 Å². The molecule has 0 atom stereocenters. The van der Waals surface area contributed by atoms with E-state index >= 15 is 0 Å². The maximum atomic E-state index is 12.2. The molecule has 1 N–H and O–H groups in total. The molecule has 1 aromatic heterocycles. The standard InChI is InChI=1S/C20H22ClN3O3/c21-16-3-1-15(2-4-16)13-19(25)23-18-6-5-17(14-22-18)24-9-7-20(8-10-24)26-11-12-27-20/h1-6,14H,7-13H2,(H,22,23,25). The highest BCUT2D eigenvalue weighted by molar-refractivity contribution is 6.30. The second kappa shape index (κ2) is 7.84. The maximum absolute atomic E-state index is 12.2. The molecule has 27 heavy (non-hydrogen) atoms. The number of carbonyl (C=O) groups is 1. The lowest BCUT2D eigenvalue weighted by molar-refractivity contribution is -0.169. The average Bonchev–Trinajstić information content (AvgIpc) is 3.13. The number of hydrogen-bond acceptors (Lipinski definition) is 5. The van der Waals surface area contributed by atoms with Crippen molar-refractivity contribution in [2.45, 2.75) is 25.0 Å². The van der Waals surface area contributed by atoms with Crippen LogP contribution in [-0.2, 0) is 20.7 Å². The number of carbonyl (C=O) groups excluding carboxylic acids is 1. The molecule has 0 saturated carbocycles. The third-order valence-corrected chi connectivity index (χ3v) is 5.25. The van der Waals surface area contributed by atoms with Crippen molar-refractivity contribution in [3.05, 3.63) is 53.2 Å². The first-order valence-corrected chi connectivity index (χ1v) is 9.53. The number of anilines is 2. The van der Waals surface area contributed by atoms with Crippen molar-refractivity contribution in [2.75, 3.05) is 36.5 Å². The minimum atomic E-state index is -0.375. The fourth-order valence-corrected chi connectivity index (χ4v) is 3.64. The Kier molecular flexibility index (Phi) is 5.29. The zero-order chi connectivity index (χ0) is 18.7. The van der Waals surface area contributed by atoms with Gasteiger partial charge in [0.1, 0.15) is 5.82 Å². The van der Waals surface area contributed by atoms with Crippen LogP contribution < -0.4 is 10.2 Å². The van der Waals surface area contributed by atoms with Crippen LogP contribution in [0.1, 0.15) is 18.4 Å². The van der Waals surface area contributed by atoms with Crippen LogP contribution in [0, 0.1) is 0 Å². The van der Waals surface area contributed by atoms with Gasteiger partial charge in [0.25, 0.3) is 0 Å². The third-order valence-electron chi connectivity index (χ3n) is 5.00. The normalized spacial score (nSPS) is 18.6. The number of aromatic nitrogens is 1. The second-order valence-corrected chi connectivity index (χ2v) is 7.28. The summed E-state index contributed by atoms with van der Waals surface area (Å²) in [6, 6.07) is 11.1. The molecule has 2 aliphatic heterocycles. The highest BCUT2D eigenvalue weighted by Gasteiger charge is 2.39. The summed E-state index contributed by atoms with van der Waals surface area (Å²) in [6.45, 7) is 3.10. The van der Waals surface area contributed by atoms with Gasteiger partial charge >= 0.3 is 0 Å². The Labute approximate surface area is 163 Å². The van der Waals surface area contributed by atoms with Gasteiger partial charge in [0.2, 0.25) is 5.91 Å². The van der Waals surface area contributed by atoms with Crippen molar-refractivity contribution in [1.82, 2.24) is 4.98 Å². The smallest absolute Gasteiger partial charge is 0.229 e. The predicted molar refractivity (Wildman–Crippen MR) is 104 cm³/mol. The quantitative estimate of drug-likeness (QED) is 0.872. The Hall–Kier alpha value is -2.15. The number of amides is 1. The first-order chi connectivity index (χ1) is 13.1. The first-order valence-electron chi connectivity index (χ1n) is 9.15. The van der Waals surface area contributed by atoms with Crippen LogP contribution in [0.5, 0.6) is 0 Å². The average molecular weight is 388 g/mol. The third kappa shape index (κ3) is 4.40. The zero-order valence-electron chi connectivity index (χ0n) is 15.0. The van der Waals surface area contributed by atoms with Gasteiger partial charge in [0.05, 0.1) is 31.5 Å². The Bertz CT molecular complexity index is 779. The van der Waals surface area contributed by atoms with Gasteiger partial charge in [-0.2, -0.15) is 0 Å². The van der Waals surface area contributed by atoms with Crippen LogP contribution in [0.25, 0.3) is 0 Å². The van der Waals surface area contributed by atoms with Gasteiger partial charge in [0.15, 0.2) is 5.79 Å². The minimum Gasteiger partial charge on any atom is -0.370 e. The van der Waals surface area contributed by atoms with E-state index in [1.807, 2.05) is 24.3 Å². The van der Waals surface area contributed by atoms with Gasteiger partial charge in [-0.05, 0) is 29.8 Å². The molecule has 1 aromatic carbocycles. The number of piperidine rings is 1. The molecule has 1 spiro atoms. The molecule has 0 bridgehead atoms. The van der Waals surface area contributed by atoms with Crippen molar-refractivity contribution in [3.8, 4) is 0 Å². The van der Waals surface area contributed by atoms with Crippen molar-refractivity contribution >= 4 is 29.0 Å². The van der Waals surface area contributed by atoms with E-state index in [0.29, 0.717) is 24.1 Å². The summed E-state index contributed by atoms with van der Waals surface area (Å²) in [5.41, 5.74) is 1.95. The molecule has 2 aliphatic rings. The summed E-state index contributed by atoms with van der Waals surface area (Å²) < 4.78 is 11.5. The van der Waals surface area contributed by atoms with Crippen LogP contribution in [0.2, 0.25) is 5.02 Å². The molecule has 3 heterocycles. The Morgan fingerprint density at radius 3 is 2.44 bits per heavy atom. The molecule has 4 rings (SSSR count). The van der Waals surface area contributed by atoms with E-state index in [-0.39, 0.29) is 18.1 Å². The Balaban J connectivity index is 1.31. The summed E-state index contributed by atoms with van der Waals surface area (Å²) in [4.78, 5) is 18.8. The number of nitrogens with zero attached hydrogens (tertiary/aromatic N) is 2. The van der Waals surface area contributed by atoms with Crippen molar-refractivity contribution in [3.63, 3.8) is 0 Å². The largest absolute Gasteiger partial charge is 0.370 e. The van der Waals surface area contributed by atoms with E-state index in [9.17, 15) is 4.79 Å². The van der Waals surface area contributed by atoms with Crippen LogP contribution in [0.15, 0.2) is 42.6 Å². The van der Waals surface area contributed by atoms with Crippen LogP contribution in [0.4, 0.5) is 11.5 Å². The second-order valence-electron chi connectivity index (χ2n) is 6.85. The van der Waals surface area contributed by atoms with E-state index in [0.717, 1.165) is 37.2 Å². The SMILES string of the molecule is O=C(Cc1ccc(Cl)cc1)Nc1ccc(N2CCC3(CC2)OCCO3)cn1. The van der Waals surface area contributed by atoms with Gasteiger partial charge in [0, 0.05) is 31.0 Å². The molecule has 2 saturated heterocycles. The molecule has 1 amide bonds. The fourth-order valence-electron chi connectivity index (χ4n) is 3.51. The molecule has 0 aliphatic carbocycles. The number of pyridine rings is 1. The minimum absolute atomic E-state index is 0.104. The summed E-state index contributed by atoms with van der Waals surface area (Å²) in [5, 5.41) is 3.49. The molecule has 2 fully saturated rings. The van der Waals surface area contributed by atoms with E-state index in [1.165, 1.54) is 0 Å². The highest BCUT2D eigenvalue weighted by Crippen LogP contribution is 2.33. The van der Waals surface area contributed by atoms with Gasteiger partial charge in [-0.25, -0.2) is 4.98 Å². The van der Waals surface area contributed by atoms with Crippen LogP contribution in [-0.4, -0.2) is 43.0 Å². The van der Waals surface area contributed by atoms with Gasteiger partial charge in [-0.3, -0.25) is 4.79 Å². The maximum Gasteiger partial charge on any atom is 0.229 e. The fraction of sp³-hybridized carbons (Fsp3) is 0.400. The van der Waals surface area contributed by atoms with Crippen molar-refractivity contribution in [1.29, 1.82) is 0 Å². The summed E-state index contributed by atoms with van der Waals surface area (Å²) in [5.74, 6) is 0.0705. The van der Waals surface area contributed by atoms with E-state index in [2.05, 4.69) is 15.2 Å². The molecule has 7 heteroatoms. The zero-order valence-corrected chi connectivity index (χ0v) is 15.7. The lowest BCUT2D eigenvalue weighted by Gasteiger charge is -2.38. The number of rotatable bonds is 4. The molecule has 142 valence electrons. The molecule has 0 unspecified atom stereocenters. The molecular weight excluding hydrogens is 366 g/mol. The van der Waals surface area contributed by atoms with E-state index in [1.54, 1.807) is 18.3 Å². The van der Waals surface area contributed by atoms with Gasteiger partial charge < -0.3 is 19.7 Å². The summed E-state index contributed by atoms with van der Waals surface area (Å²) in [7, 11) is 0. The first kappa shape index (κ1) is 18.2. The number of hydrogen-bond donors (Lipinski definition) is 1. The number of benzene rings is 1. The topological polar surface area (TPSA) is 63.7 Å². The molecule has 6 nitrogen and oxygen atoms in total. The highest BCUT2D eigenvalue weighted by atomic mass is 35.5. The van der Waals surface area contributed by atoms with Crippen LogP contribution >= 0.6 is 11.6 Å². The van der Waals surface area contributed by atoms with Gasteiger partial charge in [-0.1, -0.05) is 23.7 Å². The summed E-state index contributed by atoms with van der Waals surface area (Å²) >= 11 is 5.86. The number of halogens is 1. The number of ether oxygens (including phenoxy) is 2. The molecule has 0 radical (unpaired) electrons.